The Morgan fingerprint density at radius 3 is 1.21 bits per heavy atom. The van der Waals surface area contributed by atoms with E-state index in [-0.39, 0.29) is 31.1 Å². The van der Waals surface area contributed by atoms with Crippen molar-refractivity contribution in [2.75, 3.05) is 13.2 Å². The van der Waals surface area contributed by atoms with Gasteiger partial charge in [-0.15, -0.1) is 0 Å². The van der Waals surface area contributed by atoms with Crippen LogP contribution in [-0.2, 0) is 28.6 Å². The van der Waals surface area contributed by atoms with E-state index in [1.54, 1.807) is 0 Å². The van der Waals surface area contributed by atoms with Crippen molar-refractivity contribution >= 4 is 17.9 Å². The lowest BCUT2D eigenvalue weighted by Crippen LogP contribution is -2.30. The molecule has 0 rings (SSSR count). The van der Waals surface area contributed by atoms with Crippen LogP contribution in [0.3, 0.4) is 0 Å². The minimum Gasteiger partial charge on any atom is -0.462 e. The number of hydrogen-bond donors (Lipinski definition) is 0. The molecule has 0 aromatic carbocycles. The maximum absolute atomic E-state index is 12.8. The van der Waals surface area contributed by atoms with Crippen molar-refractivity contribution < 1.29 is 28.6 Å². The predicted molar refractivity (Wildman–Crippen MR) is 265 cm³/mol. The maximum atomic E-state index is 12.8. The van der Waals surface area contributed by atoms with Crippen molar-refractivity contribution in [2.24, 2.45) is 0 Å². The van der Waals surface area contributed by atoms with Gasteiger partial charge in [0.05, 0.1) is 0 Å². The van der Waals surface area contributed by atoms with Gasteiger partial charge in [-0.1, -0.05) is 201 Å². The Hall–Kier alpha value is -3.93. The van der Waals surface area contributed by atoms with Crippen LogP contribution in [-0.4, -0.2) is 37.2 Å². The Kier molecular flexibility index (Phi) is 46.6. The van der Waals surface area contributed by atoms with Gasteiger partial charge in [0.1, 0.15) is 13.2 Å². The molecular formula is C56H90O6. The SMILES string of the molecule is CC/C=C\C/C=C\C/C=C\CCCCCCC(=O)OC(COC(=O)CCCCCCC\C=C/C=C\C=C/C=C\C=C/CCC)COC(=O)CCCCCCC/C=C\CCCCC. The quantitative estimate of drug-likeness (QED) is 0.0200. The van der Waals surface area contributed by atoms with Gasteiger partial charge in [0, 0.05) is 19.3 Å². The van der Waals surface area contributed by atoms with Gasteiger partial charge in [-0.05, 0) is 96.3 Å². The Labute approximate surface area is 380 Å². The fourth-order valence-electron chi connectivity index (χ4n) is 6.36. The van der Waals surface area contributed by atoms with Gasteiger partial charge in [-0.2, -0.15) is 0 Å². The van der Waals surface area contributed by atoms with E-state index in [1.165, 1.54) is 38.5 Å². The van der Waals surface area contributed by atoms with Crippen molar-refractivity contribution in [1.82, 2.24) is 0 Å². The molecule has 0 saturated heterocycles. The summed E-state index contributed by atoms with van der Waals surface area (Å²) in [4.78, 5) is 37.9. The first-order chi connectivity index (χ1) is 30.5. The normalized spacial score (nSPS) is 13.0. The molecule has 6 nitrogen and oxygen atoms in total. The third-order valence-corrected chi connectivity index (χ3v) is 10.1. The number of unbranched alkanes of at least 4 members (excludes halogenated alkanes) is 18. The van der Waals surface area contributed by atoms with Crippen LogP contribution in [0, 0.1) is 0 Å². The summed E-state index contributed by atoms with van der Waals surface area (Å²) >= 11 is 0. The number of ether oxygens (including phenoxy) is 3. The van der Waals surface area contributed by atoms with Gasteiger partial charge in [-0.25, -0.2) is 0 Å². The Bertz CT molecular complexity index is 1310. The van der Waals surface area contributed by atoms with Crippen LogP contribution in [0.25, 0.3) is 0 Å². The van der Waals surface area contributed by atoms with E-state index in [4.69, 9.17) is 14.2 Å². The molecule has 0 aliphatic carbocycles. The number of esters is 3. The van der Waals surface area contributed by atoms with Crippen molar-refractivity contribution in [3.8, 4) is 0 Å². The van der Waals surface area contributed by atoms with Crippen molar-refractivity contribution in [1.29, 1.82) is 0 Å². The maximum Gasteiger partial charge on any atom is 0.306 e. The Morgan fingerprint density at radius 2 is 0.726 bits per heavy atom. The monoisotopic (exact) mass is 859 g/mol. The average molecular weight is 859 g/mol. The second-order valence-electron chi connectivity index (χ2n) is 16.1. The molecule has 0 heterocycles. The molecule has 0 saturated carbocycles. The molecule has 1 atom stereocenters. The van der Waals surface area contributed by atoms with E-state index in [1.807, 2.05) is 36.5 Å². The highest BCUT2D eigenvalue weighted by Crippen LogP contribution is 2.13. The molecule has 1 unspecified atom stereocenters. The molecule has 0 fully saturated rings. The fourth-order valence-corrected chi connectivity index (χ4v) is 6.36. The summed E-state index contributed by atoms with van der Waals surface area (Å²) in [5, 5.41) is 0. The lowest BCUT2D eigenvalue weighted by molar-refractivity contribution is -0.167. The standard InChI is InChI=1S/C56H90O6/c1-4-7-10-13-16-19-22-25-27-28-29-30-32-34-37-40-43-46-49-55(58)61-52-53(51-60-54(57)48-45-42-39-36-33-24-21-18-15-12-9-6-3)62-56(59)50-47-44-41-38-35-31-26-23-20-17-14-11-8-5-2/h8,10-11,13,16-22,25-31,53H,4-7,9,12,14-15,23-24,32-52H2,1-3H3/b11-8-,13-10-,19-16-,20-17-,21-18-,25-22-,28-27-,30-29-,31-26-. The summed E-state index contributed by atoms with van der Waals surface area (Å²) < 4.78 is 16.7. The summed E-state index contributed by atoms with van der Waals surface area (Å²) in [7, 11) is 0. The number of allylic oxidation sites excluding steroid dienone is 18. The molecule has 0 amide bonds. The van der Waals surface area contributed by atoms with Crippen LogP contribution in [0.4, 0.5) is 0 Å². The Morgan fingerprint density at radius 1 is 0.355 bits per heavy atom. The molecule has 62 heavy (non-hydrogen) atoms. The number of carbonyl (C=O) groups is 3. The summed E-state index contributed by atoms with van der Waals surface area (Å²) in [5.74, 6) is -0.967. The van der Waals surface area contributed by atoms with Crippen molar-refractivity contribution in [3.63, 3.8) is 0 Å². The van der Waals surface area contributed by atoms with Crippen LogP contribution in [0.2, 0.25) is 0 Å². The minimum absolute atomic E-state index is 0.102. The number of carbonyl (C=O) groups excluding carboxylic acids is 3. The van der Waals surface area contributed by atoms with Crippen molar-refractivity contribution in [3.05, 3.63) is 109 Å². The molecule has 350 valence electrons. The highest BCUT2D eigenvalue weighted by molar-refractivity contribution is 5.71. The predicted octanol–water partition coefficient (Wildman–Crippen LogP) is 16.4. The van der Waals surface area contributed by atoms with Gasteiger partial charge in [0.25, 0.3) is 0 Å². The number of rotatable bonds is 43. The lowest BCUT2D eigenvalue weighted by Gasteiger charge is -2.18. The molecule has 0 bridgehead atoms. The van der Waals surface area contributed by atoms with E-state index in [9.17, 15) is 14.4 Å². The molecule has 0 aromatic rings. The lowest BCUT2D eigenvalue weighted by atomic mass is 10.1. The van der Waals surface area contributed by atoms with Crippen LogP contribution >= 0.6 is 0 Å². The van der Waals surface area contributed by atoms with Crippen LogP contribution < -0.4 is 0 Å². The average Bonchev–Trinajstić information content (AvgIpc) is 3.27. The molecule has 6 heteroatoms. The van der Waals surface area contributed by atoms with E-state index in [2.05, 4.69) is 93.7 Å². The molecule has 0 N–H and O–H groups in total. The zero-order valence-corrected chi connectivity index (χ0v) is 39.8. The molecule has 0 radical (unpaired) electrons. The zero-order valence-electron chi connectivity index (χ0n) is 39.8. The topological polar surface area (TPSA) is 78.9 Å². The van der Waals surface area contributed by atoms with Crippen molar-refractivity contribution in [2.45, 2.75) is 213 Å². The first-order valence-electron chi connectivity index (χ1n) is 25.0. The van der Waals surface area contributed by atoms with E-state index in [0.717, 1.165) is 128 Å². The molecule has 0 aromatic heterocycles. The summed E-state index contributed by atoms with van der Waals surface area (Å²) in [6.07, 6.45) is 66.3. The zero-order chi connectivity index (χ0) is 45.1. The third-order valence-electron chi connectivity index (χ3n) is 10.1. The molecule has 0 aliphatic heterocycles. The first kappa shape index (κ1) is 58.1. The van der Waals surface area contributed by atoms with Gasteiger partial charge in [-0.3, -0.25) is 14.4 Å². The molecular weight excluding hydrogens is 769 g/mol. The highest BCUT2D eigenvalue weighted by atomic mass is 16.6. The minimum atomic E-state index is -0.805. The molecule has 0 spiro atoms. The highest BCUT2D eigenvalue weighted by Gasteiger charge is 2.19. The second kappa shape index (κ2) is 49.7. The number of hydrogen-bond acceptors (Lipinski definition) is 6. The van der Waals surface area contributed by atoms with Crippen LogP contribution in [0.1, 0.15) is 207 Å². The van der Waals surface area contributed by atoms with Crippen LogP contribution in [0.5, 0.6) is 0 Å². The van der Waals surface area contributed by atoms with E-state index < -0.39 is 6.10 Å². The Balaban J connectivity index is 4.50. The largest absolute Gasteiger partial charge is 0.462 e. The third kappa shape index (κ3) is 47.1. The smallest absolute Gasteiger partial charge is 0.306 e. The summed E-state index contributed by atoms with van der Waals surface area (Å²) in [6.45, 7) is 6.34. The fraction of sp³-hybridized carbons (Fsp3) is 0.625. The summed E-state index contributed by atoms with van der Waals surface area (Å²) in [5.41, 5.74) is 0. The summed E-state index contributed by atoms with van der Waals surface area (Å²) in [6, 6.07) is 0. The molecule has 0 aliphatic rings. The van der Waals surface area contributed by atoms with Gasteiger partial charge >= 0.3 is 17.9 Å². The van der Waals surface area contributed by atoms with Crippen LogP contribution in [0.15, 0.2) is 109 Å². The van der Waals surface area contributed by atoms with Gasteiger partial charge in [0.15, 0.2) is 6.10 Å². The van der Waals surface area contributed by atoms with Gasteiger partial charge < -0.3 is 14.2 Å². The van der Waals surface area contributed by atoms with Gasteiger partial charge in [0.2, 0.25) is 0 Å². The van der Waals surface area contributed by atoms with E-state index in [0.29, 0.717) is 19.3 Å². The second-order valence-corrected chi connectivity index (χ2v) is 16.1. The van der Waals surface area contributed by atoms with E-state index >= 15 is 0 Å². The first-order valence-corrected chi connectivity index (χ1v) is 25.0.